The minimum absolute atomic E-state index is 0.137. The molecule has 3 heterocycles. The molecular formula is C17H21N3O3S2. The zero-order valence-corrected chi connectivity index (χ0v) is 15.4. The van der Waals surface area contributed by atoms with E-state index in [1.807, 2.05) is 12.1 Å². The number of thiophene rings is 1. The third-order valence-corrected chi connectivity index (χ3v) is 7.59. The third-order valence-electron chi connectivity index (χ3n) is 4.26. The summed E-state index contributed by atoms with van der Waals surface area (Å²) in [5, 5.41) is 4.61. The molecule has 1 aliphatic heterocycles. The Kier molecular flexibility index (Phi) is 5.82. The van der Waals surface area contributed by atoms with Crippen molar-refractivity contribution in [3.63, 3.8) is 0 Å². The number of amides is 1. The molecular weight excluding hydrogens is 358 g/mol. The fourth-order valence-corrected chi connectivity index (χ4v) is 5.82. The fraction of sp³-hybridized carbons (Fsp3) is 0.412. The number of hydrogen-bond acceptors (Lipinski definition) is 5. The van der Waals surface area contributed by atoms with Gasteiger partial charge in [0.2, 0.25) is 5.91 Å². The molecule has 1 atom stereocenters. The highest BCUT2D eigenvalue weighted by Crippen LogP contribution is 2.29. The van der Waals surface area contributed by atoms with E-state index in [0.29, 0.717) is 23.7 Å². The topological polar surface area (TPSA) is 79.4 Å². The Morgan fingerprint density at radius 3 is 2.92 bits per heavy atom. The normalized spacial score (nSPS) is 18.8. The summed E-state index contributed by atoms with van der Waals surface area (Å²) in [5.74, 6) is -0.137. The average molecular weight is 380 g/mol. The summed E-state index contributed by atoms with van der Waals surface area (Å²) in [6, 6.07) is 6.78. The van der Waals surface area contributed by atoms with Crippen LogP contribution in [0.25, 0.3) is 0 Å². The number of hydrogen-bond donors (Lipinski definition) is 1. The monoisotopic (exact) mass is 379 g/mol. The Morgan fingerprint density at radius 1 is 1.32 bits per heavy atom. The second-order valence-electron chi connectivity index (χ2n) is 6.04. The minimum atomic E-state index is -3.52. The molecule has 1 amide bonds. The van der Waals surface area contributed by atoms with Crippen molar-refractivity contribution in [2.45, 2.75) is 42.5 Å². The van der Waals surface area contributed by atoms with Crippen LogP contribution in [0, 0.1) is 0 Å². The van der Waals surface area contributed by atoms with Crippen LogP contribution in [0.15, 0.2) is 46.2 Å². The van der Waals surface area contributed by atoms with Gasteiger partial charge < -0.3 is 5.32 Å². The zero-order valence-electron chi connectivity index (χ0n) is 13.8. The van der Waals surface area contributed by atoms with Crippen molar-refractivity contribution in [2.75, 3.05) is 6.54 Å². The number of rotatable bonds is 6. The molecule has 6 nitrogen and oxygen atoms in total. The van der Waals surface area contributed by atoms with Crippen molar-refractivity contribution in [3.8, 4) is 0 Å². The molecule has 0 bridgehead atoms. The second-order valence-corrected chi connectivity index (χ2v) is 9.10. The summed E-state index contributed by atoms with van der Waals surface area (Å²) in [6.07, 6.45) is 6.06. The number of piperidine rings is 1. The molecule has 1 N–H and O–H groups in total. The van der Waals surface area contributed by atoms with Crippen LogP contribution in [0.3, 0.4) is 0 Å². The van der Waals surface area contributed by atoms with E-state index in [0.717, 1.165) is 18.4 Å². The largest absolute Gasteiger partial charge is 0.352 e. The summed E-state index contributed by atoms with van der Waals surface area (Å²) >= 11 is 1.21. The summed E-state index contributed by atoms with van der Waals surface area (Å²) in [5.41, 5.74) is 0.919. The molecule has 2 aromatic rings. The highest BCUT2D eigenvalue weighted by molar-refractivity contribution is 7.91. The summed E-state index contributed by atoms with van der Waals surface area (Å²) in [7, 11) is -3.52. The molecule has 0 unspecified atom stereocenters. The predicted octanol–water partition coefficient (Wildman–Crippen LogP) is 2.39. The van der Waals surface area contributed by atoms with E-state index in [1.165, 1.54) is 15.6 Å². The highest BCUT2D eigenvalue weighted by Gasteiger charge is 2.35. The van der Waals surface area contributed by atoms with Gasteiger partial charge in [-0.3, -0.25) is 9.78 Å². The number of carbonyl (C=O) groups excluding carboxylic acids is 1. The summed E-state index contributed by atoms with van der Waals surface area (Å²) in [4.78, 5) is 16.3. The van der Waals surface area contributed by atoms with Gasteiger partial charge in [0, 0.05) is 37.9 Å². The molecule has 0 saturated carbocycles. The quantitative estimate of drug-likeness (QED) is 0.836. The number of sulfonamides is 1. The highest BCUT2D eigenvalue weighted by atomic mass is 32.2. The maximum absolute atomic E-state index is 12.8. The van der Waals surface area contributed by atoms with Crippen LogP contribution in [0.2, 0.25) is 0 Å². The van der Waals surface area contributed by atoms with Crippen molar-refractivity contribution in [1.29, 1.82) is 0 Å². The van der Waals surface area contributed by atoms with Gasteiger partial charge >= 0.3 is 0 Å². The number of nitrogens with zero attached hydrogens (tertiary/aromatic N) is 2. The molecule has 1 fully saturated rings. The first-order valence-electron chi connectivity index (χ1n) is 8.28. The molecule has 0 aromatic carbocycles. The van der Waals surface area contributed by atoms with Crippen LogP contribution >= 0.6 is 11.3 Å². The summed E-state index contributed by atoms with van der Waals surface area (Å²) < 4.78 is 27.5. The second kappa shape index (κ2) is 8.07. The molecule has 3 rings (SSSR count). The van der Waals surface area contributed by atoms with E-state index in [2.05, 4.69) is 10.3 Å². The van der Waals surface area contributed by atoms with Gasteiger partial charge in [-0.15, -0.1) is 11.3 Å². The molecule has 0 radical (unpaired) electrons. The molecule has 0 aliphatic carbocycles. The maximum Gasteiger partial charge on any atom is 0.252 e. The Morgan fingerprint density at radius 2 is 2.20 bits per heavy atom. The van der Waals surface area contributed by atoms with Crippen LogP contribution in [-0.2, 0) is 21.4 Å². The van der Waals surface area contributed by atoms with E-state index < -0.39 is 10.0 Å². The zero-order chi connectivity index (χ0) is 17.7. The van der Waals surface area contributed by atoms with Crippen LogP contribution in [-0.4, -0.2) is 36.2 Å². The lowest BCUT2D eigenvalue weighted by atomic mass is 10.0. The first kappa shape index (κ1) is 18.0. The van der Waals surface area contributed by atoms with Crippen LogP contribution in [0.5, 0.6) is 0 Å². The number of nitrogens with one attached hydrogen (secondary N) is 1. The smallest absolute Gasteiger partial charge is 0.252 e. The van der Waals surface area contributed by atoms with E-state index in [4.69, 9.17) is 0 Å². The van der Waals surface area contributed by atoms with Crippen LogP contribution in [0.4, 0.5) is 0 Å². The van der Waals surface area contributed by atoms with Gasteiger partial charge in [-0.25, -0.2) is 8.42 Å². The lowest BCUT2D eigenvalue weighted by Crippen LogP contribution is -2.45. The van der Waals surface area contributed by atoms with Crippen molar-refractivity contribution in [1.82, 2.24) is 14.6 Å². The first-order chi connectivity index (χ1) is 12.1. The molecule has 1 aliphatic rings. The maximum atomic E-state index is 12.8. The average Bonchev–Trinajstić information content (AvgIpc) is 3.17. The standard InChI is InChI=1S/C17H21N3O3S2/c21-16(19-13-14-5-3-8-18-12-14)11-15-6-1-2-9-20(15)25(22,23)17-7-4-10-24-17/h3-5,7-8,10,12,15H,1-2,6,9,11,13H2,(H,19,21)/t15-/m1/s1. The number of pyridine rings is 1. The Bertz CT molecular complexity index is 792. The molecule has 2 aromatic heterocycles. The van der Waals surface area contributed by atoms with Gasteiger partial charge in [-0.1, -0.05) is 18.6 Å². The lowest BCUT2D eigenvalue weighted by molar-refractivity contribution is -0.122. The molecule has 1 saturated heterocycles. The Hall–Kier alpha value is -1.77. The van der Waals surface area contributed by atoms with Crippen molar-refractivity contribution in [3.05, 3.63) is 47.6 Å². The number of carbonyl (C=O) groups is 1. The minimum Gasteiger partial charge on any atom is -0.352 e. The third kappa shape index (κ3) is 4.45. The SMILES string of the molecule is O=C(C[C@H]1CCCCN1S(=O)(=O)c1cccs1)NCc1cccnc1. The van der Waals surface area contributed by atoms with Crippen molar-refractivity contribution >= 4 is 27.3 Å². The molecule has 134 valence electrons. The van der Waals surface area contributed by atoms with Gasteiger partial charge in [-0.05, 0) is 35.9 Å². The lowest BCUT2D eigenvalue weighted by Gasteiger charge is -2.34. The van der Waals surface area contributed by atoms with Crippen molar-refractivity contribution in [2.24, 2.45) is 0 Å². The van der Waals surface area contributed by atoms with E-state index in [-0.39, 0.29) is 18.4 Å². The van der Waals surface area contributed by atoms with E-state index >= 15 is 0 Å². The van der Waals surface area contributed by atoms with Crippen LogP contribution in [0.1, 0.15) is 31.2 Å². The van der Waals surface area contributed by atoms with Crippen LogP contribution < -0.4 is 5.32 Å². The fourth-order valence-electron chi connectivity index (χ4n) is 3.01. The molecule has 8 heteroatoms. The summed E-state index contributed by atoms with van der Waals surface area (Å²) in [6.45, 7) is 0.873. The Balaban J connectivity index is 1.64. The molecule has 25 heavy (non-hydrogen) atoms. The predicted molar refractivity (Wildman–Crippen MR) is 96.6 cm³/mol. The van der Waals surface area contributed by atoms with Gasteiger partial charge in [0.25, 0.3) is 10.0 Å². The van der Waals surface area contributed by atoms with Gasteiger partial charge in [0.1, 0.15) is 4.21 Å². The number of aromatic nitrogens is 1. The van der Waals surface area contributed by atoms with Crippen molar-refractivity contribution < 1.29 is 13.2 Å². The Labute approximate surface area is 151 Å². The van der Waals surface area contributed by atoms with E-state index in [9.17, 15) is 13.2 Å². The van der Waals surface area contributed by atoms with Gasteiger partial charge in [0.05, 0.1) is 0 Å². The molecule has 0 spiro atoms. The van der Waals surface area contributed by atoms with Gasteiger partial charge in [-0.2, -0.15) is 4.31 Å². The van der Waals surface area contributed by atoms with Gasteiger partial charge in [0.15, 0.2) is 0 Å². The first-order valence-corrected chi connectivity index (χ1v) is 10.6. The van der Waals surface area contributed by atoms with E-state index in [1.54, 1.807) is 29.9 Å².